The van der Waals surface area contributed by atoms with Gasteiger partial charge in [0.25, 0.3) is 5.56 Å². The number of rotatable bonds is 6. The van der Waals surface area contributed by atoms with Crippen molar-refractivity contribution in [3.05, 3.63) is 21.6 Å². The highest BCUT2D eigenvalue weighted by atomic mass is 35.5. The van der Waals surface area contributed by atoms with Crippen LogP contribution in [0.4, 0.5) is 5.69 Å². The molecule has 2 fully saturated rings. The molecule has 0 unspecified atom stereocenters. The molecule has 20 heavy (non-hydrogen) atoms. The van der Waals surface area contributed by atoms with Crippen LogP contribution >= 0.6 is 11.6 Å². The molecule has 0 saturated heterocycles. The number of nitrogens with one attached hydrogen (secondary N) is 1. The maximum Gasteiger partial charge on any atom is 0.291 e. The second-order valence-corrected chi connectivity index (χ2v) is 6.77. The summed E-state index contributed by atoms with van der Waals surface area (Å²) in [5, 5.41) is 7.89. The molecule has 5 heteroatoms. The van der Waals surface area contributed by atoms with Crippen molar-refractivity contribution in [2.45, 2.75) is 52.0 Å². The fourth-order valence-corrected chi connectivity index (χ4v) is 2.98. The summed E-state index contributed by atoms with van der Waals surface area (Å²) in [4.78, 5) is 12.4. The standard InChI is InChI=1S/C15H22ClN3O/c1-2-15(6-7-15)10-17-13-12(16)8-18-19(14(13)20)9-11-4-3-5-11/h8,11,17H,2-7,9-10H2,1H3. The van der Waals surface area contributed by atoms with Crippen molar-refractivity contribution >= 4 is 17.3 Å². The lowest BCUT2D eigenvalue weighted by Crippen LogP contribution is -2.31. The quantitative estimate of drug-likeness (QED) is 0.876. The number of halogens is 1. The third-order valence-corrected chi connectivity index (χ3v) is 5.29. The van der Waals surface area contributed by atoms with Crippen LogP contribution in [0.5, 0.6) is 0 Å². The molecule has 0 spiro atoms. The van der Waals surface area contributed by atoms with E-state index in [1.54, 1.807) is 10.9 Å². The second-order valence-electron chi connectivity index (χ2n) is 6.36. The summed E-state index contributed by atoms with van der Waals surface area (Å²) < 4.78 is 1.57. The van der Waals surface area contributed by atoms with Crippen molar-refractivity contribution in [3.63, 3.8) is 0 Å². The molecule has 0 aliphatic heterocycles. The highest BCUT2D eigenvalue weighted by Gasteiger charge is 2.40. The van der Waals surface area contributed by atoms with Gasteiger partial charge in [0.1, 0.15) is 5.69 Å². The van der Waals surface area contributed by atoms with E-state index in [4.69, 9.17) is 11.6 Å². The molecule has 0 amide bonds. The predicted octanol–water partition coefficient (Wildman–Crippen LogP) is 3.30. The van der Waals surface area contributed by atoms with Crippen LogP contribution in [-0.2, 0) is 6.54 Å². The first-order valence-corrected chi connectivity index (χ1v) is 8.01. The fraction of sp³-hybridized carbons (Fsp3) is 0.733. The van der Waals surface area contributed by atoms with Crippen LogP contribution in [0.1, 0.15) is 45.4 Å². The Hall–Kier alpha value is -1.03. The Kier molecular flexibility index (Phi) is 3.76. The van der Waals surface area contributed by atoms with E-state index >= 15 is 0 Å². The molecule has 2 aliphatic rings. The van der Waals surface area contributed by atoms with Crippen molar-refractivity contribution in [3.8, 4) is 0 Å². The molecule has 0 atom stereocenters. The van der Waals surface area contributed by atoms with Crippen LogP contribution in [-0.4, -0.2) is 16.3 Å². The lowest BCUT2D eigenvalue weighted by Gasteiger charge is -2.25. The first kappa shape index (κ1) is 13.9. The molecule has 2 saturated carbocycles. The molecule has 1 heterocycles. The van der Waals surface area contributed by atoms with E-state index in [-0.39, 0.29) is 5.56 Å². The molecular weight excluding hydrogens is 274 g/mol. The summed E-state index contributed by atoms with van der Waals surface area (Å²) in [6.07, 6.45) is 8.92. The minimum Gasteiger partial charge on any atom is -0.379 e. The topological polar surface area (TPSA) is 46.9 Å². The molecule has 2 aliphatic carbocycles. The molecule has 110 valence electrons. The predicted molar refractivity (Wildman–Crippen MR) is 81.3 cm³/mol. The Labute approximate surface area is 124 Å². The van der Waals surface area contributed by atoms with Crippen LogP contribution < -0.4 is 10.9 Å². The van der Waals surface area contributed by atoms with E-state index in [1.165, 1.54) is 32.1 Å². The van der Waals surface area contributed by atoms with Gasteiger partial charge in [-0.05, 0) is 43.4 Å². The zero-order chi connectivity index (χ0) is 14.2. The van der Waals surface area contributed by atoms with Crippen molar-refractivity contribution in [2.24, 2.45) is 11.3 Å². The average Bonchev–Trinajstić information content (AvgIpc) is 3.16. The zero-order valence-electron chi connectivity index (χ0n) is 12.0. The van der Waals surface area contributed by atoms with E-state index in [1.807, 2.05) is 0 Å². The number of hydrogen-bond donors (Lipinski definition) is 1. The van der Waals surface area contributed by atoms with Gasteiger partial charge in [0, 0.05) is 13.1 Å². The van der Waals surface area contributed by atoms with E-state index < -0.39 is 0 Å². The molecule has 1 N–H and O–H groups in total. The minimum atomic E-state index is -0.0729. The van der Waals surface area contributed by atoms with E-state index in [9.17, 15) is 4.79 Å². The smallest absolute Gasteiger partial charge is 0.291 e. The summed E-state index contributed by atoms with van der Waals surface area (Å²) >= 11 is 6.14. The molecule has 0 radical (unpaired) electrons. The number of nitrogens with zero attached hydrogens (tertiary/aromatic N) is 2. The Morgan fingerprint density at radius 1 is 1.50 bits per heavy atom. The van der Waals surface area contributed by atoms with Gasteiger partial charge >= 0.3 is 0 Å². The van der Waals surface area contributed by atoms with Crippen LogP contribution in [0.3, 0.4) is 0 Å². The van der Waals surface area contributed by atoms with Crippen molar-refractivity contribution in [1.82, 2.24) is 9.78 Å². The molecular formula is C15H22ClN3O. The Morgan fingerprint density at radius 3 is 2.80 bits per heavy atom. The first-order valence-electron chi connectivity index (χ1n) is 7.63. The third kappa shape index (κ3) is 2.71. The van der Waals surface area contributed by atoms with E-state index in [0.29, 0.717) is 22.0 Å². The van der Waals surface area contributed by atoms with Crippen molar-refractivity contribution in [1.29, 1.82) is 0 Å². The fourth-order valence-electron chi connectivity index (χ4n) is 2.79. The lowest BCUT2D eigenvalue weighted by molar-refractivity contribution is 0.262. The Balaban J connectivity index is 1.74. The highest BCUT2D eigenvalue weighted by molar-refractivity contribution is 6.32. The van der Waals surface area contributed by atoms with Gasteiger partial charge in [-0.1, -0.05) is 24.9 Å². The molecule has 1 aromatic rings. The van der Waals surface area contributed by atoms with Gasteiger partial charge in [0.05, 0.1) is 11.2 Å². The van der Waals surface area contributed by atoms with Crippen LogP contribution in [0.15, 0.2) is 11.0 Å². The number of aromatic nitrogens is 2. The van der Waals surface area contributed by atoms with Crippen molar-refractivity contribution < 1.29 is 0 Å². The first-order chi connectivity index (χ1) is 9.63. The number of hydrogen-bond acceptors (Lipinski definition) is 3. The van der Waals surface area contributed by atoms with Gasteiger partial charge < -0.3 is 5.32 Å². The molecule has 4 nitrogen and oxygen atoms in total. The molecule has 3 rings (SSSR count). The summed E-state index contributed by atoms with van der Waals surface area (Å²) in [7, 11) is 0. The van der Waals surface area contributed by atoms with Gasteiger partial charge in [0.2, 0.25) is 0 Å². The van der Waals surface area contributed by atoms with Gasteiger partial charge in [0.15, 0.2) is 0 Å². The Morgan fingerprint density at radius 2 is 2.25 bits per heavy atom. The second kappa shape index (κ2) is 5.40. The summed E-state index contributed by atoms with van der Waals surface area (Å²) in [6, 6.07) is 0. The van der Waals surface area contributed by atoms with E-state index in [2.05, 4.69) is 17.3 Å². The maximum atomic E-state index is 12.4. The van der Waals surface area contributed by atoms with Gasteiger partial charge in [-0.25, -0.2) is 4.68 Å². The maximum absolute atomic E-state index is 12.4. The zero-order valence-corrected chi connectivity index (χ0v) is 12.7. The van der Waals surface area contributed by atoms with Crippen LogP contribution in [0.2, 0.25) is 5.02 Å². The summed E-state index contributed by atoms with van der Waals surface area (Å²) in [6.45, 7) is 3.77. The lowest BCUT2D eigenvalue weighted by atomic mass is 9.85. The van der Waals surface area contributed by atoms with Crippen molar-refractivity contribution in [2.75, 3.05) is 11.9 Å². The molecule has 0 aromatic carbocycles. The largest absolute Gasteiger partial charge is 0.379 e. The van der Waals surface area contributed by atoms with Crippen LogP contribution in [0, 0.1) is 11.3 Å². The number of anilines is 1. The van der Waals surface area contributed by atoms with Gasteiger partial charge in [-0.3, -0.25) is 4.79 Å². The van der Waals surface area contributed by atoms with Gasteiger partial charge in [-0.15, -0.1) is 0 Å². The molecule has 0 bridgehead atoms. The Bertz CT molecular complexity index is 547. The third-order valence-electron chi connectivity index (χ3n) is 5.00. The van der Waals surface area contributed by atoms with Gasteiger partial charge in [-0.2, -0.15) is 5.10 Å². The summed E-state index contributed by atoms with van der Waals surface area (Å²) in [5.41, 5.74) is 0.842. The minimum absolute atomic E-state index is 0.0729. The SMILES string of the molecule is CCC1(CNc2c(Cl)cnn(CC3CCC3)c2=O)CC1. The monoisotopic (exact) mass is 295 g/mol. The normalized spacial score (nSPS) is 20.5. The summed E-state index contributed by atoms with van der Waals surface area (Å²) in [5.74, 6) is 0.611. The van der Waals surface area contributed by atoms with E-state index in [0.717, 1.165) is 19.5 Å². The highest BCUT2D eigenvalue weighted by Crippen LogP contribution is 2.48. The molecule has 1 aromatic heterocycles. The average molecular weight is 296 g/mol. The van der Waals surface area contributed by atoms with Crippen LogP contribution in [0.25, 0.3) is 0 Å².